The predicted octanol–water partition coefficient (Wildman–Crippen LogP) is 3.66. The number of carbonyl (C=O) groups is 1. The minimum atomic E-state index is -0.515. The Kier molecular flexibility index (Phi) is 4.33. The van der Waals surface area contributed by atoms with Gasteiger partial charge in [0.1, 0.15) is 5.60 Å². The van der Waals surface area contributed by atoms with Crippen molar-refractivity contribution < 1.29 is 9.53 Å². The van der Waals surface area contributed by atoms with E-state index in [-0.39, 0.29) is 5.92 Å². The number of hydrogen-bond acceptors (Lipinski definition) is 3. The van der Waals surface area contributed by atoms with E-state index >= 15 is 0 Å². The molecular weight excluding hydrogens is 228 g/mol. The number of benzene rings is 1. The molecule has 0 aliphatic carbocycles. The Balaban J connectivity index is 2.65. The molecule has 0 fully saturated rings. The Morgan fingerprint density at radius 3 is 2.33 bits per heavy atom. The second kappa shape index (κ2) is 5.54. The lowest BCUT2D eigenvalue weighted by atomic mass is 10.0. The van der Waals surface area contributed by atoms with Gasteiger partial charge in [-0.2, -0.15) is 5.26 Å². The van der Waals surface area contributed by atoms with Gasteiger partial charge >= 0.3 is 6.09 Å². The normalized spacial score (nSPS) is 12.4. The molecule has 1 unspecified atom stereocenters. The Labute approximate surface area is 108 Å². The Morgan fingerprint density at radius 1 is 1.33 bits per heavy atom. The third kappa shape index (κ3) is 4.46. The number of carbonyl (C=O) groups excluding carboxylic acids is 1. The van der Waals surface area contributed by atoms with Crippen LogP contribution in [0.2, 0.25) is 0 Å². The van der Waals surface area contributed by atoms with Gasteiger partial charge < -0.3 is 4.74 Å². The number of nitrogens with zero attached hydrogens (tertiary/aromatic N) is 1. The van der Waals surface area contributed by atoms with E-state index in [1.54, 1.807) is 12.1 Å². The summed E-state index contributed by atoms with van der Waals surface area (Å²) >= 11 is 0. The zero-order valence-electron chi connectivity index (χ0n) is 11.2. The Hall–Kier alpha value is -2.02. The average Bonchev–Trinajstić information content (AvgIpc) is 2.26. The van der Waals surface area contributed by atoms with Crippen molar-refractivity contribution in [1.82, 2.24) is 0 Å². The lowest BCUT2D eigenvalue weighted by Crippen LogP contribution is -2.27. The molecule has 1 N–H and O–H groups in total. The molecule has 1 rings (SSSR count). The summed E-state index contributed by atoms with van der Waals surface area (Å²) in [6.07, 6.45) is -0.483. The molecular formula is C14H18N2O2. The topological polar surface area (TPSA) is 62.1 Å². The third-order valence-electron chi connectivity index (χ3n) is 2.25. The first kappa shape index (κ1) is 14.0. The van der Waals surface area contributed by atoms with E-state index in [1.165, 1.54) is 0 Å². The maximum atomic E-state index is 11.5. The van der Waals surface area contributed by atoms with E-state index in [9.17, 15) is 4.79 Å². The van der Waals surface area contributed by atoms with Gasteiger partial charge in [-0.1, -0.05) is 12.1 Å². The summed E-state index contributed by atoms with van der Waals surface area (Å²) in [5.41, 5.74) is 1.06. The van der Waals surface area contributed by atoms with Crippen molar-refractivity contribution >= 4 is 11.8 Å². The van der Waals surface area contributed by atoms with E-state index in [4.69, 9.17) is 10.00 Å². The van der Waals surface area contributed by atoms with Gasteiger partial charge in [0, 0.05) is 5.69 Å². The molecule has 0 bridgehead atoms. The summed E-state index contributed by atoms with van der Waals surface area (Å²) in [4.78, 5) is 11.5. The lowest BCUT2D eigenvalue weighted by Gasteiger charge is -2.19. The number of ether oxygens (including phenoxy) is 1. The van der Waals surface area contributed by atoms with Crippen LogP contribution in [0.4, 0.5) is 10.5 Å². The monoisotopic (exact) mass is 246 g/mol. The van der Waals surface area contributed by atoms with Gasteiger partial charge in [0.15, 0.2) is 0 Å². The van der Waals surface area contributed by atoms with Crippen molar-refractivity contribution in [2.24, 2.45) is 0 Å². The number of anilines is 1. The second-order valence-corrected chi connectivity index (χ2v) is 5.10. The van der Waals surface area contributed by atoms with Crippen molar-refractivity contribution in [2.75, 3.05) is 5.32 Å². The molecule has 96 valence electrons. The molecule has 0 saturated heterocycles. The first-order valence-corrected chi connectivity index (χ1v) is 5.81. The molecule has 1 amide bonds. The highest BCUT2D eigenvalue weighted by Crippen LogP contribution is 2.18. The van der Waals surface area contributed by atoms with E-state index < -0.39 is 11.7 Å². The van der Waals surface area contributed by atoms with Crippen LogP contribution in [0.25, 0.3) is 0 Å². The van der Waals surface area contributed by atoms with Gasteiger partial charge in [0.05, 0.1) is 12.0 Å². The number of nitrogens with one attached hydrogen (secondary N) is 1. The van der Waals surface area contributed by atoms with E-state index in [0.717, 1.165) is 5.56 Å². The van der Waals surface area contributed by atoms with Crippen LogP contribution in [0.15, 0.2) is 24.3 Å². The summed E-state index contributed by atoms with van der Waals surface area (Å²) in [6.45, 7) is 7.26. The Morgan fingerprint density at radius 2 is 1.89 bits per heavy atom. The second-order valence-electron chi connectivity index (χ2n) is 5.10. The number of rotatable bonds is 2. The van der Waals surface area contributed by atoms with Crippen LogP contribution >= 0.6 is 0 Å². The first-order valence-electron chi connectivity index (χ1n) is 5.81. The zero-order chi connectivity index (χ0) is 13.8. The maximum absolute atomic E-state index is 11.5. The number of nitriles is 1. The molecule has 4 nitrogen and oxygen atoms in total. The molecule has 4 heteroatoms. The zero-order valence-corrected chi connectivity index (χ0v) is 11.2. The predicted molar refractivity (Wildman–Crippen MR) is 70.3 cm³/mol. The smallest absolute Gasteiger partial charge is 0.412 e. The molecule has 0 radical (unpaired) electrons. The SMILES string of the molecule is CC(C#N)c1ccc(NC(=O)OC(C)(C)C)cc1. The van der Waals surface area contributed by atoms with Crippen molar-refractivity contribution in [2.45, 2.75) is 39.2 Å². The summed E-state index contributed by atoms with van der Waals surface area (Å²) in [7, 11) is 0. The van der Waals surface area contributed by atoms with E-state index in [1.807, 2.05) is 39.8 Å². The fourth-order valence-corrected chi connectivity index (χ4v) is 1.35. The van der Waals surface area contributed by atoms with Crippen molar-refractivity contribution in [1.29, 1.82) is 5.26 Å². The van der Waals surface area contributed by atoms with Crippen LogP contribution in [0.3, 0.4) is 0 Å². The van der Waals surface area contributed by atoms with Gasteiger partial charge in [-0.3, -0.25) is 5.32 Å². The minimum absolute atomic E-state index is 0.152. The number of hydrogen-bond donors (Lipinski definition) is 1. The highest BCUT2D eigenvalue weighted by atomic mass is 16.6. The summed E-state index contributed by atoms with van der Waals surface area (Å²) in [6, 6.07) is 9.31. The molecule has 0 aromatic heterocycles. The fourth-order valence-electron chi connectivity index (χ4n) is 1.35. The molecule has 0 saturated carbocycles. The van der Waals surface area contributed by atoms with Gasteiger partial charge in [-0.05, 0) is 45.4 Å². The molecule has 18 heavy (non-hydrogen) atoms. The van der Waals surface area contributed by atoms with Gasteiger partial charge in [-0.15, -0.1) is 0 Å². The third-order valence-corrected chi connectivity index (χ3v) is 2.25. The van der Waals surface area contributed by atoms with Crippen molar-refractivity contribution in [3.05, 3.63) is 29.8 Å². The van der Waals surface area contributed by atoms with Crippen molar-refractivity contribution in [3.63, 3.8) is 0 Å². The average molecular weight is 246 g/mol. The molecule has 0 aliphatic heterocycles. The highest BCUT2D eigenvalue weighted by Gasteiger charge is 2.16. The summed E-state index contributed by atoms with van der Waals surface area (Å²) < 4.78 is 5.14. The minimum Gasteiger partial charge on any atom is -0.444 e. The largest absolute Gasteiger partial charge is 0.444 e. The van der Waals surface area contributed by atoms with Gasteiger partial charge in [-0.25, -0.2) is 4.79 Å². The molecule has 1 atom stereocenters. The maximum Gasteiger partial charge on any atom is 0.412 e. The van der Waals surface area contributed by atoms with E-state index in [2.05, 4.69) is 11.4 Å². The van der Waals surface area contributed by atoms with Crippen LogP contribution in [0.1, 0.15) is 39.2 Å². The lowest BCUT2D eigenvalue weighted by molar-refractivity contribution is 0.0636. The highest BCUT2D eigenvalue weighted by molar-refractivity contribution is 5.84. The molecule has 1 aromatic rings. The van der Waals surface area contributed by atoms with Crippen LogP contribution in [0.5, 0.6) is 0 Å². The van der Waals surface area contributed by atoms with Gasteiger partial charge in [0.2, 0.25) is 0 Å². The summed E-state index contributed by atoms with van der Waals surface area (Å²) in [5.74, 6) is -0.152. The van der Waals surface area contributed by atoms with Crippen LogP contribution in [-0.2, 0) is 4.74 Å². The van der Waals surface area contributed by atoms with Crippen LogP contribution in [0, 0.1) is 11.3 Å². The van der Waals surface area contributed by atoms with Crippen LogP contribution < -0.4 is 5.32 Å². The molecule has 0 spiro atoms. The fraction of sp³-hybridized carbons (Fsp3) is 0.429. The van der Waals surface area contributed by atoms with Crippen LogP contribution in [-0.4, -0.2) is 11.7 Å². The standard InChI is InChI=1S/C14H18N2O2/c1-10(9-15)11-5-7-12(8-6-11)16-13(17)18-14(2,3)4/h5-8,10H,1-4H3,(H,16,17). The Bertz CT molecular complexity index is 452. The number of amides is 1. The molecule has 1 aromatic carbocycles. The van der Waals surface area contributed by atoms with E-state index in [0.29, 0.717) is 5.69 Å². The van der Waals surface area contributed by atoms with Gasteiger partial charge in [0.25, 0.3) is 0 Å². The first-order chi connectivity index (χ1) is 8.31. The van der Waals surface area contributed by atoms with Crippen molar-refractivity contribution in [3.8, 4) is 6.07 Å². The quantitative estimate of drug-likeness (QED) is 0.866. The molecule has 0 heterocycles. The summed E-state index contributed by atoms with van der Waals surface area (Å²) in [5, 5.41) is 11.4. The molecule has 0 aliphatic rings.